The van der Waals surface area contributed by atoms with Crippen LogP contribution in [-0.4, -0.2) is 45.6 Å². The van der Waals surface area contributed by atoms with Crippen molar-refractivity contribution in [1.82, 2.24) is 25.3 Å². The first-order chi connectivity index (χ1) is 10.1. The standard InChI is InChI=1S/C14H17N5O2/c1-9(20)16-11-6-12(19(2)8-11)14-17-13(18-21-14)10-4-3-5-15-7-10/h3-5,7,11-12H,6,8H2,1-2H3,(H,16,20). The van der Waals surface area contributed by atoms with Crippen LogP contribution in [0.5, 0.6) is 0 Å². The minimum Gasteiger partial charge on any atom is -0.352 e. The van der Waals surface area contributed by atoms with Crippen LogP contribution >= 0.6 is 0 Å². The topological polar surface area (TPSA) is 84.2 Å². The normalized spacial score (nSPS) is 22.4. The molecule has 2 atom stereocenters. The second-order valence-electron chi connectivity index (χ2n) is 5.29. The fourth-order valence-electron chi connectivity index (χ4n) is 2.66. The van der Waals surface area contributed by atoms with Gasteiger partial charge in [0.05, 0.1) is 6.04 Å². The molecule has 1 fully saturated rings. The van der Waals surface area contributed by atoms with E-state index < -0.39 is 0 Å². The van der Waals surface area contributed by atoms with Gasteiger partial charge < -0.3 is 9.84 Å². The van der Waals surface area contributed by atoms with E-state index in [2.05, 4.69) is 25.3 Å². The molecule has 2 unspecified atom stereocenters. The predicted molar refractivity (Wildman–Crippen MR) is 75.1 cm³/mol. The minimum absolute atomic E-state index is 0.0179. The quantitative estimate of drug-likeness (QED) is 0.907. The van der Waals surface area contributed by atoms with E-state index in [1.807, 2.05) is 19.2 Å². The van der Waals surface area contributed by atoms with Gasteiger partial charge in [-0.2, -0.15) is 4.98 Å². The maximum absolute atomic E-state index is 11.2. The molecule has 1 aliphatic heterocycles. The molecule has 0 radical (unpaired) electrons. The second-order valence-corrected chi connectivity index (χ2v) is 5.29. The Balaban J connectivity index is 1.76. The van der Waals surface area contributed by atoms with Gasteiger partial charge >= 0.3 is 0 Å². The van der Waals surface area contributed by atoms with Crippen LogP contribution in [-0.2, 0) is 4.79 Å². The molecular weight excluding hydrogens is 270 g/mol. The molecule has 0 aliphatic carbocycles. The summed E-state index contributed by atoms with van der Waals surface area (Å²) >= 11 is 0. The number of nitrogens with one attached hydrogen (secondary N) is 1. The van der Waals surface area contributed by atoms with Gasteiger partial charge in [0.2, 0.25) is 17.6 Å². The van der Waals surface area contributed by atoms with Crippen LogP contribution in [0, 0.1) is 0 Å². The van der Waals surface area contributed by atoms with Crippen molar-refractivity contribution < 1.29 is 9.32 Å². The maximum atomic E-state index is 11.2. The number of pyridine rings is 1. The number of hydrogen-bond acceptors (Lipinski definition) is 6. The highest BCUT2D eigenvalue weighted by Gasteiger charge is 2.34. The molecule has 1 N–H and O–H groups in total. The third-order valence-corrected chi connectivity index (χ3v) is 3.60. The first-order valence-electron chi connectivity index (χ1n) is 6.85. The largest absolute Gasteiger partial charge is 0.352 e. The zero-order valence-corrected chi connectivity index (χ0v) is 12.0. The van der Waals surface area contributed by atoms with E-state index in [-0.39, 0.29) is 18.0 Å². The third kappa shape index (κ3) is 2.92. The second kappa shape index (κ2) is 5.61. The average molecular weight is 287 g/mol. The number of carbonyl (C=O) groups is 1. The smallest absolute Gasteiger partial charge is 0.244 e. The molecule has 0 spiro atoms. The minimum atomic E-state index is -0.0179. The van der Waals surface area contributed by atoms with Crippen molar-refractivity contribution in [3.63, 3.8) is 0 Å². The van der Waals surface area contributed by atoms with Crippen molar-refractivity contribution in [3.8, 4) is 11.4 Å². The maximum Gasteiger partial charge on any atom is 0.244 e. The van der Waals surface area contributed by atoms with Gasteiger partial charge in [0.1, 0.15) is 0 Å². The number of aromatic nitrogens is 3. The molecule has 7 heteroatoms. The van der Waals surface area contributed by atoms with Crippen molar-refractivity contribution in [2.45, 2.75) is 25.4 Å². The SMILES string of the molecule is CC(=O)NC1CC(c2nc(-c3cccnc3)no2)N(C)C1. The Morgan fingerprint density at radius 1 is 1.52 bits per heavy atom. The first kappa shape index (κ1) is 13.7. The Morgan fingerprint density at radius 3 is 3.10 bits per heavy atom. The van der Waals surface area contributed by atoms with Crippen LogP contribution in [0.25, 0.3) is 11.4 Å². The van der Waals surface area contributed by atoms with Crippen molar-refractivity contribution in [2.75, 3.05) is 13.6 Å². The molecule has 3 heterocycles. The lowest BCUT2D eigenvalue weighted by Gasteiger charge is -2.13. The lowest BCUT2D eigenvalue weighted by Crippen LogP contribution is -2.34. The van der Waals surface area contributed by atoms with E-state index in [4.69, 9.17) is 4.52 Å². The fraction of sp³-hybridized carbons (Fsp3) is 0.429. The zero-order valence-electron chi connectivity index (χ0n) is 12.0. The summed E-state index contributed by atoms with van der Waals surface area (Å²) in [5.74, 6) is 1.09. The Labute approximate surface area is 122 Å². The first-order valence-corrected chi connectivity index (χ1v) is 6.85. The van der Waals surface area contributed by atoms with Gasteiger partial charge in [-0.3, -0.25) is 14.7 Å². The van der Waals surface area contributed by atoms with Gasteiger partial charge in [-0.1, -0.05) is 5.16 Å². The molecule has 0 bridgehead atoms. The van der Waals surface area contributed by atoms with E-state index in [0.29, 0.717) is 11.7 Å². The van der Waals surface area contributed by atoms with Gasteiger partial charge in [-0.05, 0) is 25.6 Å². The summed E-state index contributed by atoms with van der Waals surface area (Å²) in [7, 11) is 1.99. The summed E-state index contributed by atoms with van der Waals surface area (Å²) in [6, 6.07) is 3.87. The lowest BCUT2D eigenvalue weighted by atomic mass is 10.1. The number of hydrogen-bond donors (Lipinski definition) is 1. The van der Waals surface area contributed by atoms with Crippen molar-refractivity contribution in [3.05, 3.63) is 30.4 Å². The van der Waals surface area contributed by atoms with Gasteiger partial charge in [0.25, 0.3) is 0 Å². The number of nitrogens with zero attached hydrogens (tertiary/aromatic N) is 4. The van der Waals surface area contributed by atoms with Crippen LogP contribution in [0.3, 0.4) is 0 Å². The zero-order chi connectivity index (χ0) is 14.8. The molecule has 0 aromatic carbocycles. The van der Waals surface area contributed by atoms with Gasteiger partial charge in [-0.25, -0.2) is 0 Å². The van der Waals surface area contributed by atoms with Crippen LogP contribution in [0.2, 0.25) is 0 Å². The van der Waals surface area contributed by atoms with Crippen LogP contribution in [0.1, 0.15) is 25.3 Å². The Morgan fingerprint density at radius 2 is 2.38 bits per heavy atom. The molecule has 3 rings (SSSR count). The molecular formula is C14H17N5O2. The average Bonchev–Trinajstić information content (AvgIpc) is 3.06. The summed E-state index contributed by atoms with van der Waals surface area (Å²) in [5, 5.41) is 6.94. The molecule has 1 saturated heterocycles. The molecule has 1 amide bonds. The lowest BCUT2D eigenvalue weighted by molar-refractivity contribution is -0.119. The van der Waals surface area contributed by atoms with Crippen LogP contribution in [0.15, 0.2) is 29.0 Å². The number of amides is 1. The molecule has 21 heavy (non-hydrogen) atoms. The molecule has 110 valence electrons. The predicted octanol–water partition coefficient (Wildman–Crippen LogP) is 1.01. The molecule has 2 aromatic heterocycles. The Hall–Kier alpha value is -2.28. The number of likely N-dealkylation sites (N-methyl/N-ethyl adjacent to an activating group) is 1. The summed E-state index contributed by atoms with van der Waals surface area (Å²) in [4.78, 5) is 21.8. The summed E-state index contributed by atoms with van der Waals surface area (Å²) in [6.45, 7) is 2.30. The molecule has 2 aromatic rings. The van der Waals surface area contributed by atoms with E-state index in [0.717, 1.165) is 18.5 Å². The highest BCUT2D eigenvalue weighted by Crippen LogP contribution is 2.30. The summed E-state index contributed by atoms with van der Waals surface area (Å²) in [5.41, 5.74) is 0.826. The third-order valence-electron chi connectivity index (χ3n) is 3.60. The van der Waals surface area contributed by atoms with E-state index >= 15 is 0 Å². The molecule has 1 aliphatic rings. The Bertz CT molecular complexity index is 627. The van der Waals surface area contributed by atoms with E-state index in [1.54, 1.807) is 12.4 Å². The Kier molecular flexibility index (Phi) is 3.66. The van der Waals surface area contributed by atoms with Crippen molar-refractivity contribution in [2.24, 2.45) is 0 Å². The number of rotatable bonds is 3. The van der Waals surface area contributed by atoms with Crippen LogP contribution in [0.4, 0.5) is 0 Å². The highest BCUT2D eigenvalue weighted by atomic mass is 16.5. The van der Waals surface area contributed by atoms with Crippen molar-refractivity contribution >= 4 is 5.91 Å². The molecule has 0 saturated carbocycles. The van der Waals surface area contributed by atoms with Gasteiger partial charge in [0, 0.05) is 37.5 Å². The van der Waals surface area contributed by atoms with E-state index in [9.17, 15) is 4.79 Å². The fourth-order valence-corrected chi connectivity index (χ4v) is 2.66. The number of likely N-dealkylation sites (tertiary alicyclic amines) is 1. The highest BCUT2D eigenvalue weighted by molar-refractivity contribution is 5.73. The summed E-state index contributed by atoms with van der Waals surface area (Å²) in [6.07, 6.45) is 4.17. The van der Waals surface area contributed by atoms with Crippen LogP contribution < -0.4 is 5.32 Å². The van der Waals surface area contributed by atoms with Gasteiger partial charge in [0.15, 0.2) is 0 Å². The van der Waals surface area contributed by atoms with Gasteiger partial charge in [-0.15, -0.1) is 0 Å². The number of carbonyl (C=O) groups excluding carboxylic acids is 1. The van der Waals surface area contributed by atoms with E-state index in [1.165, 1.54) is 6.92 Å². The molecule has 7 nitrogen and oxygen atoms in total. The monoisotopic (exact) mass is 287 g/mol. The summed E-state index contributed by atoms with van der Waals surface area (Å²) < 4.78 is 5.38. The van der Waals surface area contributed by atoms with Crippen molar-refractivity contribution in [1.29, 1.82) is 0 Å².